The van der Waals surface area contributed by atoms with E-state index in [0.29, 0.717) is 6.54 Å². The lowest BCUT2D eigenvalue weighted by Crippen LogP contribution is -2.39. The van der Waals surface area contributed by atoms with E-state index in [1.165, 1.54) is 6.26 Å². The predicted octanol–water partition coefficient (Wildman–Crippen LogP) is 1.35. The van der Waals surface area contributed by atoms with E-state index in [9.17, 15) is 8.42 Å². The summed E-state index contributed by atoms with van der Waals surface area (Å²) >= 11 is 0. The van der Waals surface area contributed by atoms with Gasteiger partial charge in [-0.25, -0.2) is 8.42 Å². The van der Waals surface area contributed by atoms with Crippen LogP contribution in [0.5, 0.6) is 0 Å². The summed E-state index contributed by atoms with van der Waals surface area (Å²) in [7, 11) is -2.96. The lowest BCUT2D eigenvalue weighted by molar-refractivity contribution is 0.391. The van der Waals surface area contributed by atoms with E-state index in [1.807, 2.05) is 13.8 Å². The van der Waals surface area contributed by atoms with Gasteiger partial charge in [-0.3, -0.25) is 0 Å². The lowest BCUT2D eigenvalue weighted by atomic mass is 10.2. The van der Waals surface area contributed by atoms with Gasteiger partial charge in [-0.2, -0.15) is 0 Å². The summed E-state index contributed by atoms with van der Waals surface area (Å²) in [6.45, 7) is 4.40. The fraction of sp³-hybridized carbons (Fsp3) is 0.750. The number of hydrogen-bond donors (Lipinski definition) is 1. The van der Waals surface area contributed by atoms with Gasteiger partial charge in [0.05, 0.1) is 10.9 Å². The third-order valence-electron chi connectivity index (χ3n) is 3.72. The lowest BCUT2D eigenvalue weighted by Gasteiger charge is -2.19. The van der Waals surface area contributed by atoms with Crippen LogP contribution in [0.4, 0.5) is 0 Å². The van der Waals surface area contributed by atoms with Crippen LogP contribution in [-0.2, 0) is 16.4 Å². The van der Waals surface area contributed by atoms with Crippen LogP contribution in [0.3, 0.4) is 0 Å². The van der Waals surface area contributed by atoms with Crippen molar-refractivity contribution in [1.29, 1.82) is 0 Å². The maximum absolute atomic E-state index is 11.7. The molecular weight excluding hydrogens is 252 g/mol. The molecule has 1 fully saturated rings. The molecule has 102 valence electrons. The molecule has 1 aromatic rings. The van der Waals surface area contributed by atoms with Gasteiger partial charge in [0.15, 0.2) is 9.84 Å². The van der Waals surface area contributed by atoms with Crippen molar-refractivity contribution in [2.45, 2.75) is 50.9 Å². The Morgan fingerprint density at radius 2 is 2.11 bits per heavy atom. The normalized spacial score (nSPS) is 24.6. The van der Waals surface area contributed by atoms with E-state index >= 15 is 0 Å². The summed E-state index contributed by atoms with van der Waals surface area (Å²) < 4.78 is 28.4. The average molecular weight is 272 g/mol. The average Bonchev–Trinajstić information content (AvgIpc) is 2.84. The Morgan fingerprint density at radius 1 is 1.39 bits per heavy atom. The number of rotatable bonds is 4. The minimum absolute atomic E-state index is 0.0497. The van der Waals surface area contributed by atoms with Gasteiger partial charge in [-0.05, 0) is 26.7 Å². The van der Waals surface area contributed by atoms with Crippen LogP contribution < -0.4 is 5.32 Å². The molecular formula is C12H20N2O3S. The molecule has 1 saturated carbocycles. The molecule has 6 heteroatoms. The molecule has 2 unspecified atom stereocenters. The first-order valence-corrected chi connectivity index (χ1v) is 8.19. The van der Waals surface area contributed by atoms with Gasteiger partial charge in [0.1, 0.15) is 5.76 Å². The first-order chi connectivity index (χ1) is 8.39. The second-order valence-corrected chi connectivity index (χ2v) is 7.35. The molecule has 1 aromatic heterocycles. The summed E-state index contributed by atoms with van der Waals surface area (Å²) in [5, 5.41) is 6.99. The fourth-order valence-corrected chi connectivity index (χ4v) is 4.08. The van der Waals surface area contributed by atoms with E-state index in [0.717, 1.165) is 36.3 Å². The molecule has 0 saturated heterocycles. The Hall–Kier alpha value is -0.880. The van der Waals surface area contributed by atoms with Crippen LogP contribution >= 0.6 is 0 Å². The minimum Gasteiger partial charge on any atom is -0.361 e. The Kier molecular flexibility index (Phi) is 3.77. The molecule has 1 aliphatic rings. The van der Waals surface area contributed by atoms with E-state index in [1.54, 1.807) is 0 Å². The second-order valence-electron chi connectivity index (χ2n) is 5.09. The van der Waals surface area contributed by atoms with Crippen molar-refractivity contribution in [1.82, 2.24) is 10.5 Å². The highest BCUT2D eigenvalue weighted by Gasteiger charge is 2.34. The number of hydrogen-bond acceptors (Lipinski definition) is 5. The SMILES string of the molecule is Cc1noc(C)c1CNC1CCCC1S(C)(=O)=O. The number of sulfone groups is 1. The van der Waals surface area contributed by atoms with Gasteiger partial charge < -0.3 is 9.84 Å². The zero-order valence-electron chi connectivity index (χ0n) is 11.1. The Bertz CT molecular complexity index is 502. The third-order valence-corrected chi connectivity index (χ3v) is 5.39. The highest BCUT2D eigenvalue weighted by atomic mass is 32.2. The number of nitrogens with zero attached hydrogens (tertiary/aromatic N) is 1. The van der Waals surface area contributed by atoms with Crippen LogP contribution in [0.15, 0.2) is 4.52 Å². The smallest absolute Gasteiger partial charge is 0.151 e. The van der Waals surface area contributed by atoms with Crippen molar-refractivity contribution < 1.29 is 12.9 Å². The van der Waals surface area contributed by atoms with E-state index in [-0.39, 0.29) is 11.3 Å². The Labute approximate surface area is 108 Å². The zero-order chi connectivity index (χ0) is 13.3. The van der Waals surface area contributed by atoms with Crippen molar-refractivity contribution in [2.24, 2.45) is 0 Å². The number of nitrogens with one attached hydrogen (secondary N) is 1. The molecule has 0 aliphatic heterocycles. The molecule has 5 nitrogen and oxygen atoms in total. The molecule has 2 rings (SSSR count). The zero-order valence-corrected chi connectivity index (χ0v) is 11.9. The third kappa shape index (κ3) is 2.75. The first-order valence-electron chi connectivity index (χ1n) is 6.23. The summed E-state index contributed by atoms with van der Waals surface area (Å²) in [4.78, 5) is 0. The molecule has 1 aliphatic carbocycles. The molecule has 0 spiro atoms. The highest BCUT2D eigenvalue weighted by molar-refractivity contribution is 7.91. The monoisotopic (exact) mass is 272 g/mol. The fourth-order valence-electron chi connectivity index (χ4n) is 2.66. The maximum Gasteiger partial charge on any atom is 0.151 e. The van der Waals surface area contributed by atoms with Crippen molar-refractivity contribution in [2.75, 3.05) is 6.26 Å². The predicted molar refractivity (Wildman–Crippen MR) is 69.1 cm³/mol. The van der Waals surface area contributed by atoms with Crippen molar-refractivity contribution >= 4 is 9.84 Å². The quantitative estimate of drug-likeness (QED) is 0.895. The molecule has 0 radical (unpaired) electrons. The summed E-state index contributed by atoms with van der Waals surface area (Å²) in [5.74, 6) is 0.800. The van der Waals surface area contributed by atoms with E-state index in [4.69, 9.17) is 4.52 Å². The van der Waals surface area contributed by atoms with Crippen molar-refractivity contribution in [3.63, 3.8) is 0 Å². The van der Waals surface area contributed by atoms with Crippen molar-refractivity contribution in [3.8, 4) is 0 Å². The molecule has 1 heterocycles. The topological polar surface area (TPSA) is 72.2 Å². The van der Waals surface area contributed by atoms with Crippen LogP contribution in [0.25, 0.3) is 0 Å². The minimum atomic E-state index is -2.96. The van der Waals surface area contributed by atoms with Gasteiger partial charge in [0.25, 0.3) is 0 Å². The van der Waals surface area contributed by atoms with Gasteiger partial charge in [0, 0.05) is 24.4 Å². The summed E-state index contributed by atoms with van der Waals surface area (Å²) in [6, 6.07) is 0.0497. The van der Waals surface area contributed by atoms with Gasteiger partial charge in [-0.1, -0.05) is 11.6 Å². The van der Waals surface area contributed by atoms with E-state index < -0.39 is 9.84 Å². The highest BCUT2D eigenvalue weighted by Crippen LogP contribution is 2.25. The molecule has 0 bridgehead atoms. The number of aryl methyl sites for hydroxylation is 2. The first kappa shape index (κ1) is 13.5. The van der Waals surface area contributed by atoms with Gasteiger partial charge in [-0.15, -0.1) is 0 Å². The largest absolute Gasteiger partial charge is 0.361 e. The molecule has 2 atom stereocenters. The van der Waals surface area contributed by atoms with Gasteiger partial charge in [0.2, 0.25) is 0 Å². The maximum atomic E-state index is 11.7. The molecule has 1 N–H and O–H groups in total. The molecule has 18 heavy (non-hydrogen) atoms. The molecule has 0 amide bonds. The van der Waals surface area contributed by atoms with Crippen LogP contribution in [0.1, 0.15) is 36.3 Å². The Morgan fingerprint density at radius 3 is 2.67 bits per heavy atom. The number of aromatic nitrogens is 1. The van der Waals surface area contributed by atoms with E-state index in [2.05, 4.69) is 10.5 Å². The molecule has 0 aromatic carbocycles. The van der Waals surface area contributed by atoms with Crippen LogP contribution in [0.2, 0.25) is 0 Å². The van der Waals surface area contributed by atoms with Crippen LogP contribution in [0, 0.1) is 13.8 Å². The van der Waals surface area contributed by atoms with Gasteiger partial charge >= 0.3 is 0 Å². The summed E-state index contributed by atoms with van der Waals surface area (Å²) in [5.41, 5.74) is 1.91. The summed E-state index contributed by atoms with van der Waals surface area (Å²) in [6.07, 6.45) is 3.98. The van der Waals surface area contributed by atoms with Crippen molar-refractivity contribution in [3.05, 3.63) is 17.0 Å². The standard InChI is InChI=1S/C12H20N2O3S/c1-8-10(9(2)17-14-8)7-13-11-5-4-6-12(11)18(3,15)16/h11-13H,4-7H2,1-3H3. The Balaban J connectivity index is 2.02. The van der Waals surface area contributed by atoms with Crippen LogP contribution in [-0.4, -0.2) is 31.1 Å². The second kappa shape index (κ2) is 5.01.